The fourth-order valence-electron chi connectivity index (χ4n) is 2.03. The first-order valence-corrected chi connectivity index (χ1v) is 6.32. The lowest BCUT2D eigenvalue weighted by atomic mass is 10.3. The summed E-state index contributed by atoms with van der Waals surface area (Å²) in [7, 11) is 1.86. The molecule has 6 nitrogen and oxygen atoms in total. The summed E-state index contributed by atoms with van der Waals surface area (Å²) in [5, 5.41) is 4.97. The van der Waals surface area contributed by atoms with Crippen LogP contribution >= 0.6 is 0 Å². The van der Waals surface area contributed by atoms with Crippen LogP contribution in [0.2, 0.25) is 0 Å². The van der Waals surface area contributed by atoms with Gasteiger partial charge in [0.1, 0.15) is 11.6 Å². The summed E-state index contributed by atoms with van der Waals surface area (Å²) in [6, 6.07) is 0. The van der Waals surface area contributed by atoms with Crippen molar-refractivity contribution in [2.75, 3.05) is 18.8 Å². The Morgan fingerprint density at radius 2 is 2.11 bits per heavy atom. The van der Waals surface area contributed by atoms with Gasteiger partial charge in [0, 0.05) is 7.05 Å². The maximum Gasteiger partial charge on any atom is 0.163 e. The van der Waals surface area contributed by atoms with E-state index in [2.05, 4.69) is 33.8 Å². The third-order valence-electron chi connectivity index (χ3n) is 3.02. The van der Waals surface area contributed by atoms with Crippen LogP contribution in [-0.4, -0.2) is 37.7 Å². The van der Waals surface area contributed by atoms with Crippen molar-refractivity contribution in [3.05, 3.63) is 12.0 Å². The molecule has 98 valence electrons. The second-order valence-electron chi connectivity index (χ2n) is 4.40. The van der Waals surface area contributed by atoms with Crippen molar-refractivity contribution in [1.29, 1.82) is 0 Å². The number of fused-ring (bicyclic) bond motifs is 1. The molecule has 2 heterocycles. The van der Waals surface area contributed by atoms with Gasteiger partial charge in [-0.3, -0.25) is 9.58 Å². The van der Waals surface area contributed by atoms with E-state index in [4.69, 9.17) is 5.73 Å². The summed E-state index contributed by atoms with van der Waals surface area (Å²) in [4.78, 5) is 11.2. The van der Waals surface area contributed by atoms with Gasteiger partial charge in [-0.05, 0) is 19.5 Å². The molecule has 6 heteroatoms. The molecule has 2 aromatic rings. The standard InChI is InChI=1S/C12H20N6/c1-4-6-18(5-2)8-10-15-11(13)9-7-14-17(3)12(9)16-10/h7H,4-6,8H2,1-3H3,(H2,13,15,16). The maximum absolute atomic E-state index is 5.94. The Kier molecular flexibility index (Phi) is 3.76. The number of rotatable bonds is 5. The van der Waals surface area contributed by atoms with Gasteiger partial charge < -0.3 is 5.73 Å². The van der Waals surface area contributed by atoms with Crippen molar-refractivity contribution in [3.8, 4) is 0 Å². The average Bonchev–Trinajstić information content (AvgIpc) is 2.71. The Balaban J connectivity index is 2.30. The van der Waals surface area contributed by atoms with Crippen LogP contribution in [0.5, 0.6) is 0 Å². The highest BCUT2D eigenvalue weighted by molar-refractivity contribution is 5.84. The first kappa shape index (κ1) is 12.8. The van der Waals surface area contributed by atoms with E-state index in [1.165, 1.54) is 0 Å². The predicted octanol–water partition coefficient (Wildman–Crippen LogP) is 1.18. The summed E-state index contributed by atoms with van der Waals surface area (Å²) >= 11 is 0. The minimum atomic E-state index is 0.510. The van der Waals surface area contributed by atoms with Crippen molar-refractivity contribution >= 4 is 16.9 Å². The Hall–Kier alpha value is -1.69. The zero-order chi connectivity index (χ0) is 13.1. The van der Waals surface area contributed by atoms with E-state index in [0.29, 0.717) is 5.82 Å². The Labute approximate surface area is 107 Å². The van der Waals surface area contributed by atoms with E-state index in [1.807, 2.05) is 7.05 Å². The number of nitrogens with zero attached hydrogens (tertiary/aromatic N) is 5. The van der Waals surface area contributed by atoms with Crippen LogP contribution in [0.3, 0.4) is 0 Å². The lowest BCUT2D eigenvalue weighted by Crippen LogP contribution is -2.25. The van der Waals surface area contributed by atoms with Gasteiger partial charge in [0.2, 0.25) is 0 Å². The highest BCUT2D eigenvalue weighted by atomic mass is 15.3. The Morgan fingerprint density at radius 1 is 1.33 bits per heavy atom. The summed E-state index contributed by atoms with van der Waals surface area (Å²) < 4.78 is 1.73. The van der Waals surface area contributed by atoms with Crippen LogP contribution in [0.15, 0.2) is 6.20 Å². The molecule has 0 bridgehead atoms. The molecule has 2 rings (SSSR count). The van der Waals surface area contributed by atoms with Crippen molar-refractivity contribution in [1.82, 2.24) is 24.6 Å². The van der Waals surface area contributed by atoms with E-state index < -0.39 is 0 Å². The minimum Gasteiger partial charge on any atom is -0.383 e. The first-order valence-electron chi connectivity index (χ1n) is 6.32. The zero-order valence-corrected chi connectivity index (χ0v) is 11.2. The summed E-state index contributed by atoms with van der Waals surface area (Å²) in [5.41, 5.74) is 6.73. The molecule has 0 radical (unpaired) electrons. The van der Waals surface area contributed by atoms with E-state index >= 15 is 0 Å². The van der Waals surface area contributed by atoms with Gasteiger partial charge in [-0.2, -0.15) is 5.10 Å². The molecule has 0 aromatic carbocycles. The highest BCUT2D eigenvalue weighted by Gasteiger charge is 2.11. The van der Waals surface area contributed by atoms with E-state index in [1.54, 1.807) is 10.9 Å². The van der Waals surface area contributed by atoms with Crippen LogP contribution in [0.4, 0.5) is 5.82 Å². The first-order chi connectivity index (χ1) is 8.65. The molecule has 0 unspecified atom stereocenters. The zero-order valence-electron chi connectivity index (χ0n) is 11.2. The molecule has 0 saturated heterocycles. The van der Waals surface area contributed by atoms with Crippen molar-refractivity contribution in [2.45, 2.75) is 26.8 Å². The largest absolute Gasteiger partial charge is 0.383 e. The summed E-state index contributed by atoms with van der Waals surface area (Å²) in [6.07, 6.45) is 2.83. The molecule has 0 fully saturated rings. The number of aromatic nitrogens is 4. The molecule has 0 aliphatic heterocycles. The fraction of sp³-hybridized carbons (Fsp3) is 0.583. The molecule has 0 aliphatic rings. The molecular weight excluding hydrogens is 228 g/mol. The van der Waals surface area contributed by atoms with Gasteiger partial charge in [0.05, 0.1) is 18.1 Å². The molecule has 2 aromatic heterocycles. The Bertz CT molecular complexity index is 533. The maximum atomic E-state index is 5.94. The quantitative estimate of drug-likeness (QED) is 0.860. The Morgan fingerprint density at radius 3 is 2.78 bits per heavy atom. The SMILES string of the molecule is CCCN(CC)Cc1nc(N)c2cnn(C)c2n1. The number of nitrogens with two attached hydrogens (primary N) is 1. The summed E-state index contributed by atoms with van der Waals surface area (Å²) in [6.45, 7) is 7.07. The smallest absolute Gasteiger partial charge is 0.163 e. The third kappa shape index (κ3) is 2.43. The topological polar surface area (TPSA) is 72.9 Å². The lowest BCUT2D eigenvalue weighted by Gasteiger charge is -2.18. The van der Waals surface area contributed by atoms with Crippen LogP contribution < -0.4 is 5.73 Å². The monoisotopic (exact) mass is 248 g/mol. The minimum absolute atomic E-state index is 0.510. The van der Waals surface area contributed by atoms with Crippen molar-refractivity contribution < 1.29 is 0 Å². The van der Waals surface area contributed by atoms with Gasteiger partial charge in [-0.1, -0.05) is 13.8 Å². The molecule has 0 aliphatic carbocycles. The highest BCUT2D eigenvalue weighted by Crippen LogP contribution is 2.16. The summed E-state index contributed by atoms with van der Waals surface area (Å²) in [5.74, 6) is 1.27. The second-order valence-corrected chi connectivity index (χ2v) is 4.40. The molecule has 0 saturated carbocycles. The van der Waals surface area contributed by atoms with Gasteiger partial charge in [0.15, 0.2) is 5.65 Å². The van der Waals surface area contributed by atoms with Crippen LogP contribution in [0.25, 0.3) is 11.0 Å². The number of hydrogen-bond acceptors (Lipinski definition) is 5. The number of hydrogen-bond donors (Lipinski definition) is 1. The number of nitrogen functional groups attached to an aromatic ring is 1. The average molecular weight is 248 g/mol. The third-order valence-corrected chi connectivity index (χ3v) is 3.02. The predicted molar refractivity (Wildman–Crippen MR) is 72.0 cm³/mol. The van der Waals surface area contributed by atoms with Crippen molar-refractivity contribution in [2.24, 2.45) is 7.05 Å². The lowest BCUT2D eigenvalue weighted by molar-refractivity contribution is 0.274. The van der Waals surface area contributed by atoms with Gasteiger partial charge in [0.25, 0.3) is 0 Å². The van der Waals surface area contributed by atoms with E-state index in [9.17, 15) is 0 Å². The van der Waals surface area contributed by atoms with Crippen LogP contribution in [0, 0.1) is 0 Å². The van der Waals surface area contributed by atoms with Gasteiger partial charge >= 0.3 is 0 Å². The van der Waals surface area contributed by atoms with E-state index in [-0.39, 0.29) is 0 Å². The molecule has 18 heavy (non-hydrogen) atoms. The normalized spacial score (nSPS) is 11.6. The second kappa shape index (κ2) is 5.30. The van der Waals surface area contributed by atoms with Gasteiger partial charge in [-0.25, -0.2) is 9.97 Å². The van der Waals surface area contributed by atoms with E-state index in [0.717, 1.165) is 42.9 Å². The van der Waals surface area contributed by atoms with Crippen LogP contribution in [0.1, 0.15) is 26.1 Å². The molecular formula is C12H20N6. The van der Waals surface area contributed by atoms with Crippen molar-refractivity contribution in [3.63, 3.8) is 0 Å². The number of anilines is 1. The number of aryl methyl sites for hydroxylation is 1. The van der Waals surface area contributed by atoms with Gasteiger partial charge in [-0.15, -0.1) is 0 Å². The van der Waals surface area contributed by atoms with Crippen LogP contribution in [-0.2, 0) is 13.6 Å². The molecule has 0 spiro atoms. The molecule has 0 amide bonds. The molecule has 0 atom stereocenters. The fourth-order valence-corrected chi connectivity index (χ4v) is 2.03. The molecule has 2 N–H and O–H groups in total.